The minimum absolute atomic E-state index is 0.0663. The molecule has 29 heavy (non-hydrogen) atoms. The van der Waals surface area contributed by atoms with Gasteiger partial charge in [-0.3, -0.25) is 9.59 Å². The van der Waals surface area contributed by atoms with Gasteiger partial charge in [-0.1, -0.05) is 23.2 Å². The number of aromatic nitrogens is 3. The first-order valence-corrected chi connectivity index (χ1v) is 9.72. The van der Waals surface area contributed by atoms with Crippen molar-refractivity contribution in [2.24, 2.45) is 11.5 Å². The van der Waals surface area contributed by atoms with Crippen molar-refractivity contribution >= 4 is 57.0 Å². The molecule has 2 amide bonds. The maximum atomic E-state index is 12.4. The lowest BCUT2D eigenvalue weighted by atomic mass is 9.94. The number of hydrogen-bond acceptors (Lipinski definition) is 4. The van der Waals surface area contributed by atoms with Crippen molar-refractivity contribution in [3.05, 3.63) is 68.0 Å². The van der Waals surface area contributed by atoms with Gasteiger partial charge < -0.3 is 11.5 Å². The molecule has 0 aliphatic rings. The molecular formula is C19H14BrCl2N5O2. The van der Waals surface area contributed by atoms with Crippen LogP contribution in [0.4, 0.5) is 0 Å². The number of halogens is 3. The lowest BCUT2D eigenvalue weighted by Gasteiger charge is -2.13. The summed E-state index contributed by atoms with van der Waals surface area (Å²) in [6.45, 7) is 1.81. The van der Waals surface area contributed by atoms with E-state index in [1.807, 2.05) is 6.92 Å². The van der Waals surface area contributed by atoms with E-state index in [9.17, 15) is 9.59 Å². The monoisotopic (exact) mass is 493 g/mol. The maximum absolute atomic E-state index is 12.4. The lowest BCUT2D eigenvalue weighted by molar-refractivity contribution is -0.113. The van der Waals surface area contributed by atoms with E-state index in [1.165, 1.54) is 23.0 Å². The first kappa shape index (κ1) is 21.0. The highest BCUT2D eigenvalue weighted by molar-refractivity contribution is 9.10. The molecule has 0 saturated heterocycles. The Balaban J connectivity index is 2.38. The van der Waals surface area contributed by atoms with Gasteiger partial charge in [0.05, 0.1) is 5.02 Å². The van der Waals surface area contributed by atoms with E-state index < -0.39 is 11.8 Å². The van der Waals surface area contributed by atoms with Crippen molar-refractivity contribution in [1.29, 1.82) is 0 Å². The SMILES string of the molecule is Cc1cc(Cl)cc(C=CC(N)=O)c1-c1c(Br)nn(-c2ncccc2Cl)c1C(N)=O. The number of pyridine rings is 1. The normalized spacial score (nSPS) is 11.2. The summed E-state index contributed by atoms with van der Waals surface area (Å²) in [7, 11) is 0. The van der Waals surface area contributed by atoms with E-state index in [1.54, 1.807) is 24.3 Å². The van der Waals surface area contributed by atoms with Crippen LogP contribution in [0.5, 0.6) is 0 Å². The summed E-state index contributed by atoms with van der Waals surface area (Å²) in [4.78, 5) is 27.9. The number of benzene rings is 1. The molecule has 0 atom stereocenters. The van der Waals surface area contributed by atoms with Crippen LogP contribution in [0.2, 0.25) is 10.0 Å². The minimum atomic E-state index is -0.737. The van der Waals surface area contributed by atoms with E-state index in [0.717, 1.165) is 5.56 Å². The molecule has 0 aliphatic heterocycles. The van der Waals surface area contributed by atoms with E-state index >= 15 is 0 Å². The van der Waals surface area contributed by atoms with Crippen molar-refractivity contribution in [1.82, 2.24) is 14.8 Å². The molecule has 4 N–H and O–H groups in total. The predicted molar refractivity (Wildman–Crippen MR) is 116 cm³/mol. The predicted octanol–water partition coefficient (Wildman–Crippen LogP) is 3.91. The molecular weight excluding hydrogens is 481 g/mol. The molecule has 3 rings (SSSR count). The van der Waals surface area contributed by atoms with Crippen LogP contribution in [-0.4, -0.2) is 26.6 Å². The molecule has 0 unspecified atom stereocenters. The molecule has 10 heteroatoms. The molecule has 7 nitrogen and oxygen atoms in total. The second-order valence-electron chi connectivity index (χ2n) is 6.02. The zero-order valence-corrected chi connectivity index (χ0v) is 18.1. The first-order valence-electron chi connectivity index (χ1n) is 8.18. The van der Waals surface area contributed by atoms with Gasteiger partial charge in [0.1, 0.15) is 10.3 Å². The van der Waals surface area contributed by atoms with E-state index in [2.05, 4.69) is 26.0 Å². The standard InChI is InChI=1S/C19H14BrCl2N5O2/c1-9-7-11(21)8-10(4-5-13(23)28)14(9)15-16(18(24)29)27(26-17(15)20)19-12(22)3-2-6-25-19/h2-8H,1H3,(H2,23,28)(H2,24,29). The topological polar surface area (TPSA) is 117 Å². The second kappa shape index (κ2) is 8.36. The smallest absolute Gasteiger partial charge is 0.268 e. The maximum Gasteiger partial charge on any atom is 0.268 e. The number of rotatable bonds is 5. The van der Waals surface area contributed by atoms with Crippen LogP contribution in [-0.2, 0) is 4.79 Å². The summed E-state index contributed by atoms with van der Waals surface area (Å²) in [6.07, 6.45) is 4.24. The third kappa shape index (κ3) is 4.19. The van der Waals surface area contributed by atoms with Crippen LogP contribution in [0.25, 0.3) is 23.0 Å². The summed E-state index contributed by atoms with van der Waals surface area (Å²) in [5, 5.41) is 5.12. The average Bonchev–Trinajstić information content (AvgIpc) is 2.97. The third-order valence-electron chi connectivity index (χ3n) is 4.02. The fourth-order valence-corrected chi connectivity index (χ4v) is 3.97. The summed E-state index contributed by atoms with van der Waals surface area (Å²) >= 11 is 15.8. The van der Waals surface area contributed by atoms with Gasteiger partial charge in [-0.15, -0.1) is 0 Å². The van der Waals surface area contributed by atoms with Crippen molar-refractivity contribution in [2.75, 3.05) is 0 Å². The van der Waals surface area contributed by atoms with Gasteiger partial charge in [0.25, 0.3) is 5.91 Å². The summed E-state index contributed by atoms with van der Waals surface area (Å²) < 4.78 is 1.62. The quantitative estimate of drug-likeness (QED) is 0.523. The van der Waals surface area contributed by atoms with Crippen LogP contribution in [0.3, 0.4) is 0 Å². The van der Waals surface area contributed by atoms with Gasteiger partial charge in [0.15, 0.2) is 5.82 Å². The van der Waals surface area contributed by atoms with Crippen LogP contribution in [0, 0.1) is 6.92 Å². The average molecular weight is 495 g/mol. The number of nitrogens with two attached hydrogens (primary N) is 2. The van der Waals surface area contributed by atoms with Gasteiger partial charge >= 0.3 is 0 Å². The second-order valence-corrected chi connectivity index (χ2v) is 7.62. The zero-order chi connectivity index (χ0) is 21.3. The van der Waals surface area contributed by atoms with Gasteiger partial charge in [-0.25, -0.2) is 9.67 Å². The Kier molecular flexibility index (Phi) is 6.07. The van der Waals surface area contributed by atoms with E-state index in [0.29, 0.717) is 31.3 Å². The Hall–Kier alpha value is -2.68. The van der Waals surface area contributed by atoms with Crippen molar-refractivity contribution in [3.63, 3.8) is 0 Å². The minimum Gasteiger partial charge on any atom is -0.366 e. The molecule has 2 heterocycles. The lowest BCUT2D eigenvalue weighted by Crippen LogP contribution is -2.18. The van der Waals surface area contributed by atoms with Gasteiger partial charge in [-0.2, -0.15) is 5.10 Å². The van der Waals surface area contributed by atoms with Crippen molar-refractivity contribution in [2.45, 2.75) is 6.92 Å². The number of nitrogens with zero attached hydrogens (tertiary/aromatic N) is 3. The van der Waals surface area contributed by atoms with Crippen LogP contribution < -0.4 is 11.5 Å². The van der Waals surface area contributed by atoms with Gasteiger partial charge in [0.2, 0.25) is 5.91 Å². The zero-order valence-electron chi connectivity index (χ0n) is 15.0. The fourth-order valence-electron chi connectivity index (χ4n) is 2.94. The van der Waals surface area contributed by atoms with Gasteiger partial charge in [-0.05, 0) is 69.9 Å². The first-order chi connectivity index (χ1) is 13.7. The molecule has 0 fully saturated rings. The highest BCUT2D eigenvalue weighted by Crippen LogP contribution is 2.39. The molecule has 1 aromatic carbocycles. The third-order valence-corrected chi connectivity index (χ3v) is 5.09. The Bertz CT molecular complexity index is 1170. The number of carbonyl (C=O) groups is 2. The number of primary amides is 2. The van der Waals surface area contributed by atoms with Crippen LogP contribution in [0.1, 0.15) is 21.6 Å². The molecule has 2 aromatic heterocycles. The Morgan fingerprint density at radius 1 is 1.21 bits per heavy atom. The molecule has 0 bridgehead atoms. The number of hydrogen-bond donors (Lipinski definition) is 2. The Labute approximate surface area is 184 Å². The van der Waals surface area contributed by atoms with E-state index in [4.69, 9.17) is 34.7 Å². The molecule has 3 aromatic rings. The molecule has 0 radical (unpaired) electrons. The van der Waals surface area contributed by atoms with Crippen molar-refractivity contribution < 1.29 is 9.59 Å². The molecule has 0 spiro atoms. The number of carbonyl (C=O) groups excluding carboxylic acids is 2. The highest BCUT2D eigenvalue weighted by Gasteiger charge is 2.27. The molecule has 148 valence electrons. The largest absolute Gasteiger partial charge is 0.366 e. The number of aryl methyl sites for hydroxylation is 1. The highest BCUT2D eigenvalue weighted by atomic mass is 79.9. The van der Waals surface area contributed by atoms with Crippen LogP contribution in [0.15, 0.2) is 41.1 Å². The Morgan fingerprint density at radius 2 is 1.93 bits per heavy atom. The molecule has 0 aliphatic carbocycles. The summed E-state index contributed by atoms with van der Waals surface area (Å²) in [5.74, 6) is -1.12. The van der Waals surface area contributed by atoms with Gasteiger partial charge in [0, 0.05) is 22.9 Å². The van der Waals surface area contributed by atoms with E-state index in [-0.39, 0.29) is 11.5 Å². The summed E-state index contributed by atoms with van der Waals surface area (Å²) in [5.41, 5.74) is 13.3. The molecule has 0 saturated carbocycles. The number of amides is 2. The fraction of sp³-hybridized carbons (Fsp3) is 0.0526. The Morgan fingerprint density at radius 3 is 2.55 bits per heavy atom. The van der Waals surface area contributed by atoms with Crippen molar-refractivity contribution in [3.8, 4) is 16.9 Å². The van der Waals surface area contributed by atoms with Crippen LogP contribution >= 0.6 is 39.1 Å². The summed E-state index contributed by atoms with van der Waals surface area (Å²) in [6, 6.07) is 6.65.